The highest BCUT2D eigenvalue weighted by molar-refractivity contribution is 5.85. The lowest BCUT2D eigenvalue weighted by atomic mass is 10.0. The van der Waals surface area contributed by atoms with E-state index < -0.39 is 0 Å². The molecule has 2 aliphatic heterocycles. The highest BCUT2D eigenvalue weighted by Gasteiger charge is 2.27. The maximum atomic E-state index is 12.3. The van der Waals surface area contributed by atoms with Crippen LogP contribution >= 0.6 is 12.4 Å². The minimum absolute atomic E-state index is 0. The maximum absolute atomic E-state index is 12.3. The molecular formula is C14H27ClN4O2. The third kappa shape index (κ3) is 4.83. The highest BCUT2D eigenvalue weighted by atomic mass is 35.5. The summed E-state index contributed by atoms with van der Waals surface area (Å²) in [6.07, 6.45) is 3.47. The van der Waals surface area contributed by atoms with Crippen LogP contribution in [0.15, 0.2) is 0 Å². The van der Waals surface area contributed by atoms with Gasteiger partial charge in [-0.15, -0.1) is 12.4 Å². The molecule has 0 radical (unpaired) electrons. The van der Waals surface area contributed by atoms with Gasteiger partial charge < -0.3 is 15.5 Å². The summed E-state index contributed by atoms with van der Waals surface area (Å²) >= 11 is 0. The first-order valence-electron chi connectivity index (χ1n) is 7.59. The van der Waals surface area contributed by atoms with Gasteiger partial charge in [0.25, 0.3) is 0 Å². The molecule has 2 aliphatic rings. The maximum Gasteiger partial charge on any atom is 0.236 e. The zero-order valence-electron chi connectivity index (χ0n) is 12.8. The Morgan fingerprint density at radius 1 is 1.05 bits per heavy atom. The fraction of sp³-hybridized carbons (Fsp3) is 0.857. The predicted octanol–water partition coefficient (Wildman–Crippen LogP) is -0.0879. The van der Waals surface area contributed by atoms with Gasteiger partial charge in [0.15, 0.2) is 0 Å². The molecule has 2 amide bonds. The van der Waals surface area contributed by atoms with Crippen molar-refractivity contribution in [1.82, 2.24) is 14.7 Å². The van der Waals surface area contributed by atoms with E-state index >= 15 is 0 Å². The van der Waals surface area contributed by atoms with Crippen LogP contribution in [0.2, 0.25) is 0 Å². The summed E-state index contributed by atoms with van der Waals surface area (Å²) in [5, 5.41) is 0. The molecule has 1 unspecified atom stereocenters. The summed E-state index contributed by atoms with van der Waals surface area (Å²) in [5.74, 6) is 0.268. The molecule has 6 nitrogen and oxygen atoms in total. The second-order valence-electron chi connectivity index (χ2n) is 5.74. The third-order valence-electron chi connectivity index (χ3n) is 4.44. The summed E-state index contributed by atoms with van der Waals surface area (Å²) in [5.41, 5.74) is 5.79. The van der Waals surface area contributed by atoms with Crippen molar-refractivity contribution >= 4 is 24.2 Å². The zero-order chi connectivity index (χ0) is 14.5. The van der Waals surface area contributed by atoms with E-state index in [1.54, 1.807) is 11.8 Å². The van der Waals surface area contributed by atoms with Crippen molar-refractivity contribution in [3.8, 4) is 0 Å². The molecule has 0 saturated carbocycles. The number of piperazine rings is 1. The van der Waals surface area contributed by atoms with E-state index in [4.69, 9.17) is 5.73 Å². The summed E-state index contributed by atoms with van der Waals surface area (Å²) in [7, 11) is 0. The van der Waals surface area contributed by atoms with Gasteiger partial charge in [-0.2, -0.15) is 0 Å². The van der Waals surface area contributed by atoms with Crippen molar-refractivity contribution in [3.05, 3.63) is 0 Å². The van der Waals surface area contributed by atoms with Crippen molar-refractivity contribution in [1.29, 1.82) is 0 Å². The Bertz CT molecular complexity index is 359. The van der Waals surface area contributed by atoms with Crippen molar-refractivity contribution in [2.75, 3.05) is 45.8 Å². The molecule has 0 aromatic carbocycles. The standard InChI is InChI=1S/C14H26N4O2.ClH/c1-12(19)16-6-8-17(9-7-16)14(20)11-18-5-3-2-4-13(18)10-15;/h13H,2-11,15H2,1H3;1H. The highest BCUT2D eigenvalue weighted by Crippen LogP contribution is 2.16. The molecule has 7 heteroatoms. The van der Waals surface area contributed by atoms with Crippen molar-refractivity contribution < 1.29 is 9.59 Å². The van der Waals surface area contributed by atoms with Gasteiger partial charge in [0.05, 0.1) is 6.54 Å². The lowest BCUT2D eigenvalue weighted by Gasteiger charge is -2.38. The fourth-order valence-corrected chi connectivity index (χ4v) is 3.08. The van der Waals surface area contributed by atoms with E-state index in [0.29, 0.717) is 45.3 Å². The van der Waals surface area contributed by atoms with Gasteiger partial charge in [-0.3, -0.25) is 14.5 Å². The van der Waals surface area contributed by atoms with Crippen molar-refractivity contribution in [2.45, 2.75) is 32.2 Å². The lowest BCUT2D eigenvalue weighted by Crippen LogP contribution is -2.54. The zero-order valence-corrected chi connectivity index (χ0v) is 13.6. The molecular weight excluding hydrogens is 292 g/mol. The number of hydrogen-bond acceptors (Lipinski definition) is 4. The number of carbonyl (C=O) groups excluding carboxylic acids is 2. The van der Waals surface area contributed by atoms with Gasteiger partial charge in [-0.1, -0.05) is 6.42 Å². The van der Waals surface area contributed by atoms with E-state index in [0.717, 1.165) is 19.4 Å². The Morgan fingerprint density at radius 3 is 2.24 bits per heavy atom. The third-order valence-corrected chi connectivity index (χ3v) is 4.44. The molecule has 0 aliphatic carbocycles. The van der Waals surface area contributed by atoms with Crippen LogP contribution in [0.5, 0.6) is 0 Å². The Labute approximate surface area is 133 Å². The topological polar surface area (TPSA) is 69.9 Å². The van der Waals surface area contributed by atoms with E-state index in [1.165, 1.54) is 6.42 Å². The first-order chi connectivity index (χ1) is 9.61. The Balaban J connectivity index is 0.00000220. The number of nitrogens with two attached hydrogens (primary N) is 1. The largest absolute Gasteiger partial charge is 0.339 e. The molecule has 0 aromatic heterocycles. The average Bonchev–Trinajstić information content (AvgIpc) is 2.48. The van der Waals surface area contributed by atoms with Crippen LogP contribution < -0.4 is 5.73 Å². The molecule has 2 rings (SSSR count). The summed E-state index contributed by atoms with van der Waals surface area (Å²) in [6.45, 7) is 6.27. The van der Waals surface area contributed by atoms with E-state index in [1.807, 2.05) is 4.90 Å². The molecule has 0 spiro atoms. The molecule has 122 valence electrons. The second kappa shape index (κ2) is 8.56. The van der Waals surface area contributed by atoms with Gasteiger partial charge >= 0.3 is 0 Å². The molecule has 2 heterocycles. The lowest BCUT2D eigenvalue weighted by molar-refractivity contribution is -0.139. The molecule has 0 bridgehead atoms. The van der Waals surface area contributed by atoms with Crippen molar-refractivity contribution in [3.63, 3.8) is 0 Å². The smallest absolute Gasteiger partial charge is 0.236 e. The van der Waals surface area contributed by atoms with E-state index in [-0.39, 0.29) is 24.2 Å². The molecule has 0 aromatic rings. The number of nitrogens with zero attached hydrogens (tertiary/aromatic N) is 3. The van der Waals surface area contributed by atoms with Crippen LogP contribution in [0.4, 0.5) is 0 Å². The van der Waals surface area contributed by atoms with Crippen LogP contribution in [0.25, 0.3) is 0 Å². The molecule has 2 N–H and O–H groups in total. The van der Waals surface area contributed by atoms with Crippen LogP contribution in [0.1, 0.15) is 26.2 Å². The summed E-state index contributed by atoms with van der Waals surface area (Å²) in [4.78, 5) is 29.5. The van der Waals surface area contributed by atoms with Crippen LogP contribution in [0, 0.1) is 0 Å². The number of hydrogen-bond donors (Lipinski definition) is 1. The van der Waals surface area contributed by atoms with Gasteiger partial charge in [0.2, 0.25) is 11.8 Å². The first-order valence-corrected chi connectivity index (χ1v) is 7.59. The number of piperidine rings is 1. The molecule has 21 heavy (non-hydrogen) atoms. The number of carbonyl (C=O) groups is 2. The molecule has 2 saturated heterocycles. The first kappa shape index (κ1) is 18.2. The summed E-state index contributed by atoms with van der Waals surface area (Å²) in [6, 6.07) is 0.353. The monoisotopic (exact) mass is 318 g/mol. The number of likely N-dealkylation sites (tertiary alicyclic amines) is 1. The SMILES string of the molecule is CC(=O)N1CCN(C(=O)CN2CCCCC2CN)CC1.Cl. The van der Waals surface area contributed by atoms with Gasteiger partial charge in [0, 0.05) is 45.7 Å². The normalized spacial score (nSPS) is 23.6. The van der Waals surface area contributed by atoms with E-state index in [2.05, 4.69) is 4.90 Å². The van der Waals surface area contributed by atoms with Crippen LogP contribution in [-0.4, -0.2) is 78.4 Å². The minimum Gasteiger partial charge on any atom is -0.339 e. The number of amides is 2. The second-order valence-corrected chi connectivity index (χ2v) is 5.74. The number of halogens is 1. The summed E-state index contributed by atoms with van der Waals surface area (Å²) < 4.78 is 0. The van der Waals surface area contributed by atoms with Crippen molar-refractivity contribution in [2.24, 2.45) is 5.73 Å². The number of rotatable bonds is 3. The minimum atomic E-state index is 0. The van der Waals surface area contributed by atoms with E-state index in [9.17, 15) is 9.59 Å². The average molecular weight is 319 g/mol. The van der Waals surface area contributed by atoms with Crippen LogP contribution in [0.3, 0.4) is 0 Å². The molecule has 2 fully saturated rings. The van der Waals surface area contributed by atoms with Crippen LogP contribution in [-0.2, 0) is 9.59 Å². The molecule has 1 atom stereocenters. The van der Waals surface area contributed by atoms with Gasteiger partial charge in [-0.05, 0) is 19.4 Å². The van der Waals surface area contributed by atoms with Gasteiger partial charge in [-0.25, -0.2) is 0 Å². The Morgan fingerprint density at radius 2 is 1.67 bits per heavy atom. The Kier molecular flexibility index (Phi) is 7.42. The fourth-order valence-electron chi connectivity index (χ4n) is 3.08. The quantitative estimate of drug-likeness (QED) is 0.790. The van der Waals surface area contributed by atoms with Gasteiger partial charge in [0.1, 0.15) is 0 Å². The predicted molar refractivity (Wildman–Crippen MR) is 84.3 cm³/mol. The Hall–Kier alpha value is -0.850.